The second-order valence-electron chi connectivity index (χ2n) is 13.9. The van der Waals surface area contributed by atoms with Crippen LogP contribution in [0.3, 0.4) is 0 Å². The number of aromatic hydroxyl groups is 7. The van der Waals surface area contributed by atoms with E-state index in [4.69, 9.17) is 9.47 Å². The van der Waals surface area contributed by atoms with Gasteiger partial charge in [-0.1, -0.05) is 29.4 Å². The maximum atomic E-state index is 14.6. The lowest BCUT2D eigenvalue weighted by molar-refractivity contribution is -0.201. The quantitative estimate of drug-likeness (QED) is 0.0824. The maximum absolute atomic E-state index is 14.6. The number of ketones is 2. The first-order valence-corrected chi connectivity index (χ1v) is 16.5. The van der Waals surface area contributed by atoms with Crippen LogP contribution in [0.4, 0.5) is 0 Å². The molecule has 0 amide bonds. The summed E-state index contributed by atoms with van der Waals surface area (Å²) in [4.78, 5) is 29.1. The van der Waals surface area contributed by atoms with E-state index < -0.39 is 69.3 Å². The molecule has 52 heavy (non-hydrogen) atoms. The van der Waals surface area contributed by atoms with Crippen molar-refractivity contribution in [2.45, 2.75) is 56.8 Å². The number of rotatable bonds is 6. The number of ether oxygens (including phenoxy) is 2. The topological polar surface area (TPSA) is 214 Å². The molecule has 0 aromatic heterocycles. The van der Waals surface area contributed by atoms with Gasteiger partial charge < -0.3 is 50.3 Å². The van der Waals surface area contributed by atoms with Gasteiger partial charge in [0.2, 0.25) is 11.4 Å². The van der Waals surface area contributed by atoms with Gasteiger partial charge in [0, 0.05) is 65.1 Å². The summed E-state index contributed by atoms with van der Waals surface area (Å²) in [6, 6.07) is 12.4. The van der Waals surface area contributed by atoms with Crippen LogP contribution in [0.5, 0.6) is 51.7 Å². The summed E-state index contributed by atoms with van der Waals surface area (Å²) < 4.78 is 12.3. The Balaban J connectivity index is 1.43. The lowest BCUT2D eigenvalue weighted by Crippen LogP contribution is -2.62. The first kappa shape index (κ1) is 34.3. The average molecular weight is 709 g/mol. The Labute approximate surface area is 297 Å². The Morgan fingerprint density at radius 2 is 1.50 bits per heavy atom. The monoisotopic (exact) mass is 708 g/mol. The first-order chi connectivity index (χ1) is 24.5. The van der Waals surface area contributed by atoms with Gasteiger partial charge in [0.1, 0.15) is 57.3 Å². The van der Waals surface area contributed by atoms with E-state index in [1.807, 2.05) is 13.8 Å². The number of phenolic OH excluding ortho intramolecular Hbond substituents is 7. The third kappa shape index (κ3) is 5.17. The Kier molecular flexibility index (Phi) is 7.91. The molecule has 0 radical (unpaired) electrons. The zero-order valence-corrected chi connectivity index (χ0v) is 28.3. The molecule has 2 heterocycles. The van der Waals surface area contributed by atoms with Gasteiger partial charge in [0.15, 0.2) is 5.78 Å². The fourth-order valence-electron chi connectivity index (χ4n) is 7.87. The molecule has 3 aliphatic rings. The van der Waals surface area contributed by atoms with Gasteiger partial charge in [-0.25, -0.2) is 0 Å². The summed E-state index contributed by atoms with van der Waals surface area (Å²) in [6.07, 6.45) is 3.49. The van der Waals surface area contributed by atoms with E-state index in [0.29, 0.717) is 5.57 Å². The SMILES string of the molecule is CC(C)=CC[C@@]12Oc3cc(O)c([C@H]4C=C(C)C[C@@H](c5ccc(O)cc5O)[C@@H]4C(=O)c4cc(O)cc(O)c4)c(O)c3C(=O)[C@]1(O)Oc1cc(O)ccc12. The number of carbonyl (C=O) groups is 2. The summed E-state index contributed by atoms with van der Waals surface area (Å²) in [6.45, 7) is 5.37. The summed E-state index contributed by atoms with van der Waals surface area (Å²) in [5.74, 6) is -11.0. The molecule has 4 aromatic carbocycles. The lowest BCUT2D eigenvalue weighted by Gasteiger charge is -2.43. The van der Waals surface area contributed by atoms with Crippen LogP contribution in [0, 0.1) is 5.92 Å². The number of allylic oxidation sites excluding steroid dienone is 3. The van der Waals surface area contributed by atoms with Crippen molar-refractivity contribution in [3.63, 3.8) is 0 Å². The number of carbonyl (C=O) groups excluding carboxylic acids is 2. The van der Waals surface area contributed by atoms with Crippen LogP contribution in [-0.4, -0.2) is 58.2 Å². The van der Waals surface area contributed by atoms with Crippen molar-refractivity contribution in [3.8, 4) is 51.7 Å². The number of phenols is 7. The fourth-order valence-corrected chi connectivity index (χ4v) is 7.87. The highest BCUT2D eigenvalue weighted by atomic mass is 16.7. The largest absolute Gasteiger partial charge is 0.508 e. The Morgan fingerprint density at radius 3 is 2.17 bits per heavy atom. The van der Waals surface area contributed by atoms with Crippen LogP contribution in [-0.2, 0) is 5.60 Å². The maximum Gasteiger partial charge on any atom is 0.318 e. The van der Waals surface area contributed by atoms with E-state index in [2.05, 4.69) is 0 Å². The third-order valence-electron chi connectivity index (χ3n) is 10.2. The molecule has 0 fully saturated rings. The highest BCUT2D eigenvalue weighted by Gasteiger charge is 2.70. The van der Waals surface area contributed by atoms with Gasteiger partial charge in [-0.3, -0.25) is 9.59 Å². The predicted molar refractivity (Wildman–Crippen MR) is 185 cm³/mol. The van der Waals surface area contributed by atoms with Gasteiger partial charge in [0.05, 0.1) is 0 Å². The van der Waals surface area contributed by atoms with Gasteiger partial charge in [-0.05, 0) is 63.1 Å². The van der Waals surface area contributed by atoms with Crippen LogP contribution < -0.4 is 9.47 Å². The highest BCUT2D eigenvalue weighted by molar-refractivity contribution is 6.09. The Bertz CT molecular complexity index is 2230. The van der Waals surface area contributed by atoms with E-state index in [9.17, 15) is 50.4 Å². The second-order valence-corrected chi connectivity index (χ2v) is 13.9. The molecule has 2 aliphatic heterocycles. The highest BCUT2D eigenvalue weighted by Crippen LogP contribution is 2.60. The van der Waals surface area contributed by atoms with E-state index in [0.717, 1.165) is 35.9 Å². The summed E-state index contributed by atoms with van der Waals surface area (Å²) in [5, 5.41) is 87.7. The smallest absolute Gasteiger partial charge is 0.318 e. The van der Waals surface area contributed by atoms with Gasteiger partial charge >= 0.3 is 5.79 Å². The van der Waals surface area contributed by atoms with Crippen molar-refractivity contribution >= 4 is 11.6 Å². The molecule has 268 valence electrons. The molecule has 5 atom stereocenters. The molecule has 12 nitrogen and oxygen atoms in total. The van der Waals surface area contributed by atoms with Crippen LogP contribution in [0.2, 0.25) is 0 Å². The number of fused-ring (bicyclic) bond motifs is 4. The zero-order valence-electron chi connectivity index (χ0n) is 28.3. The van der Waals surface area contributed by atoms with E-state index in [-0.39, 0.29) is 63.8 Å². The van der Waals surface area contributed by atoms with E-state index in [1.165, 1.54) is 30.3 Å². The van der Waals surface area contributed by atoms with Crippen molar-refractivity contribution < 1.29 is 59.9 Å². The molecule has 12 heteroatoms. The molecule has 0 spiro atoms. The number of aliphatic hydroxyl groups is 1. The van der Waals surface area contributed by atoms with Gasteiger partial charge in [0.25, 0.3) is 0 Å². The minimum atomic E-state index is -2.75. The van der Waals surface area contributed by atoms with Gasteiger partial charge in [-0.15, -0.1) is 0 Å². The summed E-state index contributed by atoms with van der Waals surface area (Å²) in [7, 11) is 0. The molecule has 0 saturated heterocycles. The van der Waals surface area contributed by atoms with Crippen LogP contribution in [0.15, 0.2) is 84.0 Å². The minimum absolute atomic E-state index is 0.0304. The molecule has 7 rings (SSSR count). The van der Waals surface area contributed by atoms with Gasteiger partial charge in [-0.2, -0.15) is 0 Å². The lowest BCUT2D eigenvalue weighted by atomic mass is 9.65. The number of hydrogen-bond acceptors (Lipinski definition) is 12. The molecule has 8 N–H and O–H groups in total. The Morgan fingerprint density at radius 1 is 0.827 bits per heavy atom. The fraction of sp³-hybridized carbons (Fsp3) is 0.250. The molecule has 4 aromatic rings. The number of benzene rings is 4. The number of hydrogen-bond donors (Lipinski definition) is 8. The summed E-state index contributed by atoms with van der Waals surface area (Å²) >= 11 is 0. The minimum Gasteiger partial charge on any atom is -0.508 e. The Hall–Kier alpha value is -6.14. The molecule has 0 bridgehead atoms. The molecular weight excluding hydrogens is 672 g/mol. The average Bonchev–Trinajstić information content (AvgIpc) is 3.30. The summed E-state index contributed by atoms with van der Waals surface area (Å²) in [5.41, 5.74) is -0.788. The van der Waals surface area contributed by atoms with Crippen molar-refractivity contribution in [1.29, 1.82) is 0 Å². The molecule has 0 saturated carbocycles. The predicted octanol–water partition coefficient (Wildman–Crippen LogP) is 6.25. The van der Waals surface area contributed by atoms with Crippen molar-refractivity contribution in [2.75, 3.05) is 0 Å². The van der Waals surface area contributed by atoms with Crippen LogP contribution in [0.1, 0.15) is 82.9 Å². The third-order valence-corrected chi connectivity index (χ3v) is 10.2. The van der Waals surface area contributed by atoms with E-state index >= 15 is 0 Å². The van der Waals surface area contributed by atoms with Crippen molar-refractivity contribution in [1.82, 2.24) is 0 Å². The van der Waals surface area contributed by atoms with Crippen molar-refractivity contribution in [2.24, 2.45) is 5.92 Å². The van der Waals surface area contributed by atoms with E-state index in [1.54, 1.807) is 19.1 Å². The van der Waals surface area contributed by atoms with Crippen molar-refractivity contribution in [3.05, 3.63) is 112 Å². The molecule has 1 aliphatic carbocycles. The normalized spacial score (nSPS) is 24.4. The zero-order chi connectivity index (χ0) is 37.4. The first-order valence-electron chi connectivity index (χ1n) is 16.5. The number of Topliss-reactive ketones (excluding diaryl/α,β-unsaturated/α-hetero) is 2. The second kappa shape index (κ2) is 12.0. The van der Waals surface area contributed by atoms with Crippen LogP contribution in [0.25, 0.3) is 0 Å². The standard InChI is InChI=1S/C40H36O12/c1-18(2)8-9-39-28-7-5-22(42)16-31(28)52-40(39,50)38(49)35-32(51-39)17-30(46)34(37(35)48)27-11-19(3)10-26(25-6-4-21(41)15-29(25)45)33(27)36(47)20-12-23(43)14-24(44)13-20/h4-8,11-17,26-27,33,41-46,48,50H,9-10H2,1-3H3/t26-,27-,33-,39-,40-/m0/s1. The molecule has 0 unspecified atom stereocenters. The van der Waals surface area contributed by atoms with Crippen LogP contribution >= 0.6 is 0 Å². The molecular formula is C40H36O12.